The SMILES string of the molecule is COC(=O)Nc1cc(NC(=O)OC)cc(C(=O)CBr)c1. The van der Waals surface area contributed by atoms with E-state index in [1.54, 1.807) is 0 Å². The van der Waals surface area contributed by atoms with Crippen molar-refractivity contribution < 1.29 is 23.9 Å². The Morgan fingerprint density at radius 1 is 1.00 bits per heavy atom. The normalized spacial score (nSPS) is 9.55. The fourth-order valence-corrected chi connectivity index (χ4v) is 1.67. The molecule has 0 bridgehead atoms. The molecule has 0 aliphatic carbocycles. The fraction of sp³-hybridized carbons (Fsp3) is 0.250. The summed E-state index contributed by atoms with van der Waals surface area (Å²) in [6.07, 6.45) is -1.37. The third-order valence-electron chi connectivity index (χ3n) is 2.24. The molecule has 0 radical (unpaired) electrons. The first-order chi connectivity index (χ1) is 9.49. The zero-order chi connectivity index (χ0) is 15.1. The molecule has 0 aromatic heterocycles. The molecule has 1 aromatic rings. The molecule has 0 saturated heterocycles. The molecule has 2 amide bonds. The number of carbonyl (C=O) groups is 3. The molecule has 0 aliphatic rings. The largest absolute Gasteiger partial charge is 0.453 e. The Morgan fingerprint density at radius 2 is 1.45 bits per heavy atom. The molecule has 7 nitrogen and oxygen atoms in total. The van der Waals surface area contributed by atoms with Crippen LogP contribution in [0.15, 0.2) is 18.2 Å². The summed E-state index contributed by atoms with van der Waals surface area (Å²) in [7, 11) is 2.44. The number of halogens is 1. The van der Waals surface area contributed by atoms with Gasteiger partial charge in [0.1, 0.15) is 0 Å². The Bertz CT molecular complexity index is 496. The summed E-state index contributed by atoms with van der Waals surface area (Å²) in [5.41, 5.74) is 0.951. The monoisotopic (exact) mass is 344 g/mol. The topological polar surface area (TPSA) is 93.7 Å². The van der Waals surface area contributed by atoms with Crippen LogP contribution in [-0.2, 0) is 9.47 Å². The van der Waals surface area contributed by atoms with Gasteiger partial charge in [0.05, 0.1) is 19.5 Å². The van der Waals surface area contributed by atoms with Gasteiger partial charge in [-0.05, 0) is 18.2 Å². The highest BCUT2D eigenvalue weighted by Gasteiger charge is 2.11. The van der Waals surface area contributed by atoms with Crippen molar-refractivity contribution in [1.29, 1.82) is 0 Å². The minimum atomic E-state index is -0.683. The molecule has 0 aliphatic heterocycles. The Morgan fingerprint density at radius 3 is 1.80 bits per heavy atom. The van der Waals surface area contributed by atoms with Gasteiger partial charge >= 0.3 is 12.2 Å². The van der Waals surface area contributed by atoms with Crippen molar-refractivity contribution in [1.82, 2.24) is 0 Å². The molecule has 0 unspecified atom stereocenters. The average Bonchev–Trinajstić information content (AvgIpc) is 2.45. The zero-order valence-corrected chi connectivity index (χ0v) is 12.4. The van der Waals surface area contributed by atoms with Crippen molar-refractivity contribution in [2.45, 2.75) is 0 Å². The van der Waals surface area contributed by atoms with Crippen LogP contribution in [0.25, 0.3) is 0 Å². The highest BCUT2D eigenvalue weighted by Crippen LogP contribution is 2.20. The number of anilines is 2. The number of nitrogens with one attached hydrogen (secondary N) is 2. The number of ether oxygens (including phenoxy) is 2. The second-order valence-corrected chi connectivity index (χ2v) is 4.15. The predicted molar refractivity (Wildman–Crippen MR) is 76.6 cm³/mol. The van der Waals surface area contributed by atoms with Gasteiger partial charge in [-0.25, -0.2) is 9.59 Å². The summed E-state index contributed by atoms with van der Waals surface area (Å²) >= 11 is 3.06. The fourth-order valence-electron chi connectivity index (χ4n) is 1.35. The van der Waals surface area contributed by atoms with Crippen LogP contribution in [0.4, 0.5) is 21.0 Å². The highest BCUT2D eigenvalue weighted by molar-refractivity contribution is 9.09. The van der Waals surface area contributed by atoms with Crippen molar-refractivity contribution >= 4 is 45.3 Å². The lowest BCUT2D eigenvalue weighted by molar-refractivity contribution is 0.102. The van der Waals surface area contributed by atoms with E-state index in [0.717, 1.165) is 0 Å². The van der Waals surface area contributed by atoms with Crippen LogP contribution in [0.2, 0.25) is 0 Å². The highest BCUT2D eigenvalue weighted by atomic mass is 79.9. The van der Waals surface area contributed by atoms with E-state index in [2.05, 4.69) is 36.0 Å². The molecule has 0 spiro atoms. The van der Waals surface area contributed by atoms with Crippen molar-refractivity contribution in [3.63, 3.8) is 0 Å². The third-order valence-corrected chi connectivity index (χ3v) is 2.75. The van der Waals surface area contributed by atoms with E-state index in [-0.39, 0.29) is 11.1 Å². The maximum Gasteiger partial charge on any atom is 0.411 e. The number of hydrogen-bond donors (Lipinski definition) is 2. The van der Waals surface area contributed by atoms with E-state index >= 15 is 0 Å². The van der Waals surface area contributed by atoms with Gasteiger partial charge < -0.3 is 9.47 Å². The number of benzene rings is 1. The molecular weight excluding hydrogens is 332 g/mol. The summed E-state index contributed by atoms with van der Waals surface area (Å²) in [6, 6.07) is 4.42. The van der Waals surface area contributed by atoms with E-state index in [1.165, 1.54) is 32.4 Å². The zero-order valence-electron chi connectivity index (χ0n) is 10.9. The number of amides is 2. The summed E-state index contributed by atoms with van der Waals surface area (Å²) < 4.78 is 8.93. The van der Waals surface area contributed by atoms with Gasteiger partial charge in [-0.3, -0.25) is 15.4 Å². The van der Waals surface area contributed by atoms with E-state index in [4.69, 9.17) is 0 Å². The van der Waals surface area contributed by atoms with E-state index in [0.29, 0.717) is 16.9 Å². The van der Waals surface area contributed by atoms with Gasteiger partial charge in [0.2, 0.25) is 0 Å². The van der Waals surface area contributed by atoms with Crippen LogP contribution >= 0.6 is 15.9 Å². The summed E-state index contributed by atoms with van der Waals surface area (Å²) in [6.45, 7) is 0. The molecular formula is C12H13BrN2O5. The van der Waals surface area contributed by atoms with Gasteiger partial charge in [0.15, 0.2) is 5.78 Å². The van der Waals surface area contributed by atoms with Crippen molar-refractivity contribution in [3.8, 4) is 0 Å². The lowest BCUT2D eigenvalue weighted by Crippen LogP contribution is -2.14. The van der Waals surface area contributed by atoms with Gasteiger partial charge in [-0.2, -0.15) is 0 Å². The van der Waals surface area contributed by atoms with Crippen LogP contribution in [0, 0.1) is 0 Å². The minimum Gasteiger partial charge on any atom is -0.453 e. The molecule has 8 heteroatoms. The number of alkyl halides is 1. The van der Waals surface area contributed by atoms with Crippen LogP contribution in [0.5, 0.6) is 0 Å². The van der Waals surface area contributed by atoms with Crippen LogP contribution in [-0.4, -0.2) is 37.5 Å². The predicted octanol–water partition coefficient (Wildman–Crippen LogP) is 2.62. The van der Waals surface area contributed by atoms with E-state index in [9.17, 15) is 14.4 Å². The van der Waals surface area contributed by atoms with Crippen LogP contribution < -0.4 is 10.6 Å². The van der Waals surface area contributed by atoms with E-state index < -0.39 is 12.2 Å². The quantitative estimate of drug-likeness (QED) is 0.646. The molecule has 0 fully saturated rings. The van der Waals surface area contributed by atoms with Crippen molar-refractivity contribution in [3.05, 3.63) is 23.8 Å². The Hall–Kier alpha value is -2.09. The Kier molecular flexibility index (Phi) is 5.98. The third kappa shape index (κ3) is 4.54. The number of carbonyl (C=O) groups excluding carboxylic acids is 3. The second kappa shape index (κ2) is 7.49. The number of ketones is 1. The number of methoxy groups -OCH3 is 2. The number of hydrogen-bond acceptors (Lipinski definition) is 5. The van der Waals surface area contributed by atoms with Crippen LogP contribution in [0.3, 0.4) is 0 Å². The van der Waals surface area contributed by atoms with Gasteiger partial charge in [0.25, 0.3) is 0 Å². The molecule has 2 N–H and O–H groups in total. The van der Waals surface area contributed by atoms with Gasteiger partial charge in [-0.15, -0.1) is 0 Å². The standard InChI is InChI=1S/C12H13BrN2O5/c1-19-11(17)14-8-3-7(10(16)6-13)4-9(5-8)15-12(18)20-2/h3-5H,6H2,1-2H3,(H,14,17)(H,15,18). The first-order valence-electron chi connectivity index (χ1n) is 5.44. The molecule has 108 valence electrons. The Balaban J connectivity index is 3.10. The summed E-state index contributed by atoms with van der Waals surface area (Å²) in [5, 5.41) is 4.96. The maximum atomic E-state index is 11.7. The smallest absolute Gasteiger partial charge is 0.411 e. The molecule has 1 aromatic carbocycles. The number of Topliss-reactive ketones (excluding diaryl/α,β-unsaturated/α-hetero) is 1. The first-order valence-corrected chi connectivity index (χ1v) is 6.56. The minimum absolute atomic E-state index is 0.117. The van der Waals surface area contributed by atoms with Crippen LogP contribution in [0.1, 0.15) is 10.4 Å². The Labute approximate surface area is 123 Å². The van der Waals surface area contributed by atoms with Crippen molar-refractivity contribution in [2.75, 3.05) is 30.2 Å². The van der Waals surface area contributed by atoms with E-state index in [1.807, 2.05) is 0 Å². The van der Waals surface area contributed by atoms with Crippen molar-refractivity contribution in [2.24, 2.45) is 0 Å². The van der Waals surface area contributed by atoms with Gasteiger partial charge in [0, 0.05) is 16.9 Å². The molecule has 20 heavy (non-hydrogen) atoms. The maximum absolute atomic E-state index is 11.7. The molecule has 1 rings (SSSR count). The second-order valence-electron chi connectivity index (χ2n) is 3.59. The lowest BCUT2D eigenvalue weighted by atomic mass is 10.1. The summed E-state index contributed by atoms with van der Waals surface area (Å²) in [5.74, 6) is -0.202. The molecule has 0 atom stereocenters. The molecule has 0 heterocycles. The lowest BCUT2D eigenvalue weighted by Gasteiger charge is -2.10. The van der Waals surface area contributed by atoms with Gasteiger partial charge in [-0.1, -0.05) is 15.9 Å². The first kappa shape index (κ1) is 16.0. The number of rotatable bonds is 4. The summed E-state index contributed by atoms with van der Waals surface area (Å²) in [4.78, 5) is 34.1. The average molecular weight is 345 g/mol. The molecule has 0 saturated carbocycles.